The molecule has 1 N–H and O–H groups in total. The highest BCUT2D eigenvalue weighted by molar-refractivity contribution is 7.09. The Morgan fingerprint density at radius 1 is 1.36 bits per heavy atom. The van der Waals surface area contributed by atoms with Gasteiger partial charge in [-0.2, -0.15) is 11.3 Å². The SMILES string of the molecule is Cc1csc(C(Cc2ccsc2)NC(=O)C(C)Cn2ccnc2C)n1. The molecular formula is C18H22N4OS2. The lowest BCUT2D eigenvalue weighted by atomic mass is 10.1. The number of hydrogen-bond donors (Lipinski definition) is 1. The largest absolute Gasteiger partial charge is 0.346 e. The van der Waals surface area contributed by atoms with E-state index >= 15 is 0 Å². The van der Waals surface area contributed by atoms with E-state index in [9.17, 15) is 4.79 Å². The van der Waals surface area contributed by atoms with E-state index in [0.717, 1.165) is 22.9 Å². The summed E-state index contributed by atoms with van der Waals surface area (Å²) in [7, 11) is 0. The second-order valence-corrected chi connectivity index (χ2v) is 7.92. The Kier molecular flexibility index (Phi) is 5.65. The van der Waals surface area contributed by atoms with Crippen LogP contribution in [0.3, 0.4) is 0 Å². The van der Waals surface area contributed by atoms with Crippen molar-refractivity contribution in [2.45, 2.75) is 39.8 Å². The van der Waals surface area contributed by atoms with Crippen molar-refractivity contribution in [2.24, 2.45) is 5.92 Å². The van der Waals surface area contributed by atoms with Crippen molar-refractivity contribution in [1.82, 2.24) is 19.9 Å². The molecule has 0 spiro atoms. The number of carbonyl (C=O) groups excluding carboxylic acids is 1. The summed E-state index contributed by atoms with van der Waals surface area (Å²) in [6.07, 6.45) is 4.43. The first-order valence-corrected chi connectivity index (χ1v) is 10.1. The Labute approximate surface area is 155 Å². The van der Waals surface area contributed by atoms with Crippen molar-refractivity contribution in [3.8, 4) is 0 Å². The predicted octanol–water partition coefficient (Wildman–Crippen LogP) is 3.75. The number of thiophene rings is 1. The molecule has 0 fully saturated rings. The van der Waals surface area contributed by atoms with Gasteiger partial charge >= 0.3 is 0 Å². The molecule has 3 aromatic rings. The van der Waals surface area contributed by atoms with E-state index in [2.05, 4.69) is 32.1 Å². The summed E-state index contributed by atoms with van der Waals surface area (Å²) >= 11 is 3.27. The number of aromatic nitrogens is 3. The molecule has 3 rings (SSSR count). The summed E-state index contributed by atoms with van der Waals surface area (Å²) in [6.45, 7) is 6.50. The van der Waals surface area contributed by atoms with Gasteiger partial charge < -0.3 is 9.88 Å². The van der Waals surface area contributed by atoms with Gasteiger partial charge in [0.2, 0.25) is 5.91 Å². The van der Waals surface area contributed by atoms with Gasteiger partial charge in [-0.25, -0.2) is 9.97 Å². The van der Waals surface area contributed by atoms with Crippen LogP contribution in [0.2, 0.25) is 0 Å². The van der Waals surface area contributed by atoms with E-state index < -0.39 is 0 Å². The molecule has 0 aliphatic rings. The molecule has 0 saturated heterocycles. The third-order valence-electron chi connectivity index (χ3n) is 4.11. The molecule has 2 unspecified atom stereocenters. The number of aryl methyl sites for hydroxylation is 2. The molecule has 132 valence electrons. The highest BCUT2D eigenvalue weighted by atomic mass is 32.1. The van der Waals surface area contributed by atoms with Crippen molar-refractivity contribution in [3.63, 3.8) is 0 Å². The van der Waals surface area contributed by atoms with Crippen LogP contribution in [0.1, 0.15) is 35.1 Å². The minimum atomic E-state index is -0.140. The van der Waals surface area contributed by atoms with Gasteiger partial charge in [-0.3, -0.25) is 4.79 Å². The number of amides is 1. The molecule has 3 heterocycles. The summed E-state index contributed by atoms with van der Waals surface area (Å²) in [5.74, 6) is 0.824. The Hall–Kier alpha value is -1.99. The Morgan fingerprint density at radius 3 is 2.80 bits per heavy atom. The number of carbonyl (C=O) groups is 1. The zero-order valence-corrected chi connectivity index (χ0v) is 16.2. The fourth-order valence-electron chi connectivity index (χ4n) is 2.67. The molecule has 0 radical (unpaired) electrons. The number of rotatable bonds is 7. The molecule has 7 heteroatoms. The standard InChI is InChI=1S/C18H22N4OS2/c1-12(9-22-6-5-19-14(22)3)17(23)21-16(8-15-4-7-24-11-15)18-20-13(2)10-25-18/h4-7,10-12,16H,8-9H2,1-3H3,(H,21,23). The Morgan fingerprint density at radius 2 is 2.20 bits per heavy atom. The maximum Gasteiger partial charge on any atom is 0.225 e. The van der Waals surface area contributed by atoms with Crippen LogP contribution in [-0.2, 0) is 17.8 Å². The molecule has 0 aliphatic heterocycles. The molecule has 2 atom stereocenters. The highest BCUT2D eigenvalue weighted by Crippen LogP contribution is 2.24. The molecule has 0 aromatic carbocycles. The van der Waals surface area contributed by atoms with Crippen molar-refractivity contribution in [1.29, 1.82) is 0 Å². The van der Waals surface area contributed by atoms with Crippen molar-refractivity contribution >= 4 is 28.6 Å². The summed E-state index contributed by atoms with van der Waals surface area (Å²) in [5, 5.41) is 10.4. The second-order valence-electron chi connectivity index (χ2n) is 6.25. The fourth-order valence-corrected chi connectivity index (χ4v) is 4.19. The van der Waals surface area contributed by atoms with E-state index in [-0.39, 0.29) is 17.9 Å². The number of hydrogen-bond acceptors (Lipinski definition) is 5. The molecular weight excluding hydrogens is 352 g/mol. The molecule has 0 aliphatic carbocycles. The van der Waals surface area contributed by atoms with Gasteiger partial charge in [-0.1, -0.05) is 6.92 Å². The molecule has 0 saturated carbocycles. The third-order valence-corrected chi connectivity index (χ3v) is 5.92. The average molecular weight is 375 g/mol. The van der Waals surface area contributed by atoms with E-state index in [1.807, 2.05) is 36.9 Å². The summed E-state index contributed by atoms with van der Waals surface area (Å²) in [6, 6.07) is 2.01. The van der Waals surface area contributed by atoms with Crippen LogP contribution in [0, 0.1) is 19.8 Å². The zero-order valence-electron chi connectivity index (χ0n) is 14.6. The predicted molar refractivity (Wildman–Crippen MR) is 102 cm³/mol. The topological polar surface area (TPSA) is 59.8 Å². The van der Waals surface area contributed by atoms with Crippen LogP contribution < -0.4 is 5.32 Å². The monoisotopic (exact) mass is 374 g/mol. The molecule has 0 bridgehead atoms. The first-order valence-electron chi connectivity index (χ1n) is 8.24. The van der Waals surface area contributed by atoms with Crippen molar-refractivity contribution < 1.29 is 4.79 Å². The van der Waals surface area contributed by atoms with Crippen molar-refractivity contribution in [2.75, 3.05) is 0 Å². The van der Waals surface area contributed by atoms with Gasteiger partial charge in [-0.05, 0) is 36.2 Å². The van der Waals surface area contributed by atoms with Gasteiger partial charge in [0, 0.05) is 36.4 Å². The van der Waals surface area contributed by atoms with Gasteiger partial charge in [0.25, 0.3) is 0 Å². The molecule has 25 heavy (non-hydrogen) atoms. The van der Waals surface area contributed by atoms with Gasteiger partial charge in [0.1, 0.15) is 10.8 Å². The normalized spacial score (nSPS) is 13.6. The van der Waals surface area contributed by atoms with E-state index in [1.165, 1.54) is 5.56 Å². The smallest absolute Gasteiger partial charge is 0.225 e. The minimum absolute atomic E-state index is 0.0428. The quantitative estimate of drug-likeness (QED) is 0.685. The van der Waals surface area contributed by atoms with Crippen LogP contribution in [0.25, 0.3) is 0 Å². The number of thiazole rings is 1. The van der Waals surface area contributed by atoms with Crippen LogP contribution in [0.15, 0.2) is 34.6 Å². The number of imidazole rings is 1. The fraction of sp³-hybridized carbons (Fsp3) is 0.389. The molecule has 1 amide bonds. The van der Waals surface area contributed by atoms with Crippen LogP contribution in [0.5, 0.6) is 0 Å². The lowest BCUT2D eigenvalue weighted by molar-refractivity contribution is -0.125. The van der Waals surface area contributed by atoms with Gasteiger partial charge in [0.05, 0.1) is 12.0 Å². The molecule has 3 aromatic heterocycles. The first kappa shape index (κ1) is 17.8. The Bertz CT molecular complexity index is 822. The number of nitrogens with zero attached hydrogens (tertiary/aromatic N) is 3. The van der Waals surface area contributed by atoms with Crippen molar-refractivity contribution in [3.05, 3.63) is 56.7 Å². The lowest BCUT2D eigenvalue weighted by Gasteiger charge is -2.20. The molecule has 5 nitrogen and oxygen atoms in total. The van der Waals surface area contributed by atoms with Gasteiger partial charge in [-0.15, -0.1) is 11.3 Å². The first-order chi connectivity index (χ1) is 12.0. The van der Waals surface area contributed by atoms with Crippen LogP contribution >= 0.6 is 22.7 Å². The Balaban J connectivity index is 1.70. The summed E-state index contributed by atoms with van der Waals surface area (Å²) < 4.78 is 2.01. The lowest BCUT2D eigenvalue weighted by Crippen LogP contribution is -2.35. The second kappa shape index (κ2) is 7.93. The maximum atomic E-state index is 12.7. The van der Waals surface area contributed by atoms with E-state index in [4.69, 9.17) is 0 Å². The van der Waals surface area contributed by atoms with E-state index in [1.54, 1.807) is 28.9 Å². The summed E-state index contributed by atoms with van der Waals surface area (Å²) in [4.78, 5) is 21.5. The third kappa shape index (κ3) is 4.55. The minimum Gasteiger partial charge on any atom is -0.346 e. The van der Waals surface area contributed by atoms with Crippen LogP contribution in [-0.4, -0.2) is 20.4 Å². The zero-order chi connectivity index (χ0) is 17.8. The number of nitrogens with one attached hydrogen (secondary N) is 1. The van der Waals surface area contributed by atoms with E-state index in [0.29, 0.717) is 6.54 Å². The highest BCUT2D eigenvalue weighted by Gasteiger charge is 2.22. The van der Waals surface area contributed by atoms with Crippen LogP contribution in [0.4, 0.5) is 0 Å². The average Bonchev–Trinajstić information content (AvgIpc) is 3.31. The maximum absolute atomic E-state index is 12.7. The summed E-state index contributed by atoms with van der Waals surface area (Å²) in [5.41, 5.74) is 2.22. The van der Waals surface area contributed by atoms with Gasteiger partial charge in [0.15, 0.2) is 0 Å².